The molecule has 2 aliphatic rings. The van der Waals surface area contributed by atoms with Crippen LogP contribution in [0, 0.1) is 3.57 Å². The van der Waals surface area contributed by atoms with Crippen LogP contribution in [-0.2, 0) is 21.7 Å². The minimum absolute atomic E-state index is 0.0370. The van der Waals surface area contributed by atoms with E-state index in [9.17, 15) is 0 Å². The highest BCUT2D eigenvalue weighted by atomic mass is 127. The number of fused-ring (bicyclic) bond motifs is 8. The summed E-state index contributed by atoms with van der Waals surface area (Å²) in [5.41, 5.74) is 19.3. The SMILES string of the molecule is CC(C)(C)c1cc(-c2c3nc(c(-c4ccc(I)cc4)c4nc(c(-c5cc(C(C)(C)C)cc(C(C)(C)C)c5)c5ccc(cc6ccc2[nH]6)[nH]5)C=C4)C=C3)cc(C(C)(C)C)c1. The topological polar surface area (TPSA) is 57.4 Å². The van der Waals surface area contributed by atoms with E-state index in [1.54, 1.807) is 0 Å². The number of hydrogen-bond acceptors (Lipinski definition) is 2. The third kappa shape index (κ3) is 8.28. The highest BCUT2D eigenvalue weighted by Gasteiger charge is 2.25. The number of aromatic nitrogens is 4. The van der Waals surface area contributed by atoms with E-state index < -0.39 is 0 Å². The summed E-state index contributed by atoms with van der Waals surface area (Å²) in [6.07, 6.45) is 8.72. The van der Waals surface area contributed by atoms with Gasteiger partial charge in [-0.1, -0.05) is 132 Å². The fourth-order valence-electron chi connectivity index (χ4n) is 7.93. The quantitative estimate of drug-likeness (QED) is 0.174. The summed E-state index contributed by atoms with van der Waals surface area (Å²) in [5, 5.41) is 0. The molecule has 0 spiro atoms. The molecule has 3 aromatic heterocycles. The highest BCUT2D eigenvalue weighted by molar-refractivity contribution is 14.1. The van der Waals surface area contributed by atoms with E-state index in [2.05, 4.69) is 231 Å². The van der Waals surface area contributed by atoms with Crippen molar-refractivity contribution in [3.63, 3.8) is 0 Å². The number of halogens is 1. The second-order valence-corrected chi connectivity index (χ2v) is 21.7. The molecule has 6 aromatic rings. The average molecular weight is 889 g/mol. The molecule has 0 saturated carbocycles. The van der Waals surface area contributed by atoms with E-state index in [-0.39, 0.29) is 21.7 Å². The molecule has 0 saturated heterocycles. The number of hydrogen-bond donors (Lipinski definition) is 2. The summed E-state index contributed by atoms with van der Waals surface area (Å²) in [4.78, 5) is 18.7. The van der Waals surface area contributed by atoms with E-state index in [1.165, 1.54) is 25.8 Å². The zero-order valence-corrected chi connectivity index (χ0v) is 38.9. The molecular weight excluding hydrogens is 832 g/mol. The molecule has 3 aromatic carbocycles. The van der Waals surface area contributed by atoms with Gasteiger partial charge >= 0.3 is 0 Å². The van der Waals surface area contributed by atoms with Crippen LogP contribution in [0.15, 0.2) is 91.0 Å². The lowest BCUT2D eigenvalue weighted by molar-refractivity contribution is 0.568. The summed E-state index contributed by atoms with van der Waals surface area (Å²) in [6.45, 7) is 27.6. The first-order chi connectivity index (χ1) is 27.6. The molecule has 0 unspecified atom stereocenters. The lowest BCUT2D eigenvalue weighted by atomic mass is 9.78. The Morgan fingerprint density at radius 3 is 1.05 bits per heavy atom. The summed E-state index contributed by atoms with van der Waals surface area (Å²) in [6, 6.07) is 33.9. The Morgan fingerprint density at radius 2 is 0.712 bits per heavy atom. The van der Waals surface area contributed by atoms with Crippen LogP contribution in [0.4, 0.5) is 0 Å². The largest absolute Gasteiger partial charge is 0.355 e. The van der Waals surface area contributed by atoms with Crippen molar-refractivity contribution < 1.29 is 0 Å². The first kappa shape index (κ1) is 40.8. The van der Waals surface area contributed by atoms with Crippen LogP contribution in [0.5, 0.6) is 0 Å². The number of nitrogens with one attached hydrogen (secondary N) is 2. The van der Waals surface area contributed by atoms with E-state index in [0.29, 0.717) is 0 Å². The van der Waals surface area contributed by atoms with Crippen LogP contribution >= 0.6 is 22.6 Å². The molecule has 2 aliphatic heterocycles. The van der Waals surface area contributed by atoms with Gasteiger partial charge in [0.15, 0.2) is 0 Å². The summed E-state index contributed by atoms with van der Waals surface area (Å²) in [7, 11) is 0. The molecule has 2 N–H and O–H groups in total. The van der Waals surface area contributed by atoms with E-state index >= 15 is 0 Å². The summed E-state index contributed by atoms with van der Waals surface area (Å²) >= 11 is 2.38. The summed E-state index contributed by atoms with van der Waals surface area (Å²) < 4.78 is 1.18. The molecule has 4 nitrogen and oxygen atoms in total. The van der Waals surface area contributed by atoms with Gasteiger partial charge in [-0.15, -0.1) is 0 Å². The Balaban J connectivity index is 1.52. The third-order valence-corrected chi connectivity index (χ3v) is 12.3. The van der Waals surface area contributed by atoms with Gasteiger partial charge in [0.2, 0.25) is 0 Å². The average Bonchev–Trinajstić information content (AvgIpc) is 3.98. The van der Waals surface area contributed by atoms with Gasteiger partial charge in [0.1, 0.15) is 0 Å². The summed E-state index contributed by atoms with van der Waals surface area (Å²) in [5.74, 6) is 0. The number of H-pyrrole nitrogens is 2. The van der Waals surface area contributed by atoms with E-state index in [0.717, 1.165) is 78.2 Å². The minimum atomic E-state index is -0.0370. The smallest absolute Gasteiger partial charge is 0.0738 e. The molecule has 59 heavy (non-hydrogen) atoms. The molecule has 300 valence electrons. The monoisotopic (exact) mass is 888 g/mol. The maximum atomic E-state index is 5.54. The molecule has 8 bridgehead atoms. The van der Waals surface area contributed by atoms with Gasteiger partial charge in [-0.3, -0.25) is 0 Å². The highest BCUT2D eigenvalue weighted by Crippen LogP contribution is 2.41. The van der Waals surface area contributed by atoms with E-state index in [1.807, 2.05) is 0 Å². The Bertz CT molecular complexity index is 2620. The van der Waals surface area contributed by atoms with Crippen molar-refractivity contribution in [2.45, 2.75) is 105 Å². The number of nitrogens with zero attached hydrogens (tertiary/aromatic N) is 2. The molecule has 0 aliphatic carbocycles. The lowest BCUT2D eigenvalue weighted by Crippen LogP contribution is -2.16. The normalized spacial score (nSPS) is 13.4. The first-order valence-electron chi connectivity index (χ1n) is 20.8. The predicted molar refractivity (Wildman–Crippen MR) is 263 cm³/mol. The van der Waals surface area contributed by atoms with Gasteiger partial charge in [-0.05, 0) is 150 Å². The molecule has 5 heteroatoms. The lowest BCUT2D eigenvalue weighted by Gasteiger charge is -2.26. The second-order valence-electron chi connectivity index (χ2n) is 20.5. The van der Waals surface area contributed by atoms with Crippen LogP contribution in [0.25, 0.3) is 79.8 Å². The minimum Gasteiger partial charge on any atom is -0.355 e. The standard InChI is InChI=1S/C54H57IN4/c1-51(2,3)35-25-33(26-36(29-35)52(4,5)6)49-42-19-17-40(56-42)31-41-18-20-43(57-41)50(34-27-37(53(7,8)9)30-38(28-34)54(10,11)12)47-24-22-45(59-47)48(44-21-23-46(49)58-44)32-13-15-39(55)16-14-32/h13-31,56-57H,1-12H3. The van der Waals surface area contributed by atoms with Crippen molar-refractivity contribution in [2.75, 3.05) is 0 Å². The van der Waals surface area contributed by atoms with Crippen molar-refractivity contribution >= 4 is 69.0 Å². The zero-order chi connectivity index (χ0) is 42.2. The van der Waals surface area contributed by atoms with Gasteiger partial charge < -0.3 is 9.97 Å². The zero-order valence-electron chi connectivity index (χ0n) is 36.7. The first-order valence-corrected chi connectivity index (χ1v) is 21.9. The fraction of sp³-hybridized carbons (Fsp3) is 0.296. The van der Waals surface area contributed by atoms with Crippen molar-refractivity contribution in [1.29, 1.82) is 0 Å². The second kappa shape index (κ2) is 14.6. The van der Waals surface area contributed by atoms with Crippen LogP contribution in [0.3, 0.4) is 0 Å². The molecule has 0 radical (unpaired) electrons. The van der Waals surface area contributed by atoms with Gasteiger partial charge in [-0.25, -0.2) is 9.97 Å². The van der Waals surface area contributed by atoms with Crippen LogP contribution in [0.1, 0.15) is 128 Å². The van der Waals surface area contributed by atoms with Crippen molar-refractivity contribution in [3.05, 3.63) is 140 Å². The molecular formula is C54H57IN4. The van der Waals surface area contributed by atoms with Crippen LogP contribution in [0.2, 0.25) is 0 Å². The Kier molecular flexibility index (Phi) is 10.1. The molecule has 0 atom stereocenters. The Morgan fingerprint density at radius 1 is 0.373 bits per heavy atom. The van der Waals surface area contributed by atoms with Crippen molar-refractivity contribution in [3.8, 4) is 33.4 Å². The van der Waals surface area contributed by atoms with Gasteiger partial charge in [0.05, 0.1) is 22.8 Å². The Hall–Kier alpha value is -5.01. The van der Waals surface area contributed by atoms with Crippen LogP contribution < -0.4 is 0 Å². The van der Waals surface area contributed by atoms with Gasteiger partial charge in [0.25, 0.3) is 0 Å². The third-order valence-electron chi connectivity index (χ3n) is 11.6. The van der Waals surface area contributed by atoms with E-state index in [4.69, 9.17) is 9.97 Å². The molecule has 0 amide bonds. The van der Waals surface area contributed by atoms with Gasteiger partial charge in [-0.2, -0.15) is 0 Å². The maximum Gasteiger partial charge on any atom is 0.0738 e. The van der Waals surface area contributed by atoms with Crippen molar-refractivity contribution in [1.82, 2.24) is 19.9 Å². The maximum absolute atomic E-state index is 5.54. The van der Waals surface area contributed by atoms with Crippen LogP contribution in [-0.4, -0.2) is 19.9 Å². The molecule has 8 rings (SSSR count). The number of rotatable bonds is 3. The number of benzene rings is 3. The number of aromatic amines is 2. The predicted octanol–water partition coefficient (Wildman–Crippen LogP) is 15.5. The Labute approximate surface area is 364 Å². The fourth-order valence-corrected chi connectivity index (χ4v) is 8.29. The molecule has 0 fully saturated rings. The van der Waals surface area contributed by atoms with Gasteiger partial charge in [0, 0.05) is 42.3 Å². The van der Waals surface area contributed by atoms with Crippen molar-refractivity contribution in [2.24, 2.45) is 0 Å². The molecule has 5 heterocycles.